The Morgan fingerprint density at radius 1 is 1.23 bits per heavy atom. The molecule has 0 fully saturated rings. The Balaban J connectivity index is 2.23. The van der Waals surface area contributed by atoms with E-state index in [1.165, 1.54) is 0 Å². The summed E-state index contributed by atoms with van der Waals surface area (Å²) in [5.74, 6) is 0.676. The summed E-state index contributed by atoms with van der Waals surface area (Å²) in [6.07, 6.45) is 0. The Labute approximate surface area is 144 Å². The number of carbonyl (C=O) groups excluding carboxylic acids is 1. The number of hydrogen-bond acceptors (Lipinski definition) is 2. The summed E-state index contributed by atoms with van der Waals surface area (Å²) in [6, 6.07) is 12.9. The summed E-state index contributed by atoms with van der Waals surface area (Å²) in [5, 5.41) is 0.446. The van der Waals surface area contributed by atoms with Crippen molar-refractivity contribution in [1.82, 2.24) is 4.90 Å². The molecule has 0 aromatic heterocycles. The number of hydrogen-bond donors (Lipinski definition) is 0. The average molecular weight is 383 g/mol. The highest BCUT2D eigenvalue weighted by Gasteiger charge is 2.21. The minimum Gasteiger partial charge on any atom is -0.497 e. The topological polar surface area (TPSA) is 29.5 Å². The van der Waals surface area contributed by atoms with E-state index < -0.39 is 0 Å². The number of benzene rings is 2. The Hall–Kier alpha value is -1.52. The highest BCUT2D eigenvalue weighted by Crippen LogP contribution is 2.27. The molecule has 22 heavy (non-hydrogen) atoms. The Morgan fingerprint density at radius 3 is 2.45 bits per heavy atom. The van der Waals surface area contributed by atoms with Crippen LogP contribution in [0.5, 0.6) is 5.75 Å². The SMILES string of the molecule is COc1ccc(C(C)N(C)C(=O)c2cc(Br)ccc2Cl)cc1. The smallest absolute Gasteiger partial charge is 0.255 e. The standard InChI is InChI=1S/C17H17BrClNO2/c1-11(12-4-7-14(22-3)8-5-12)20(2)17(21)15-10-13(18)6-9-16(15)19/h4-11H,1-3H3. The van der Waals surface area contributed by atoms with Crippen molar-refractivity contribution >= 4 is 33.4 Å². The molecule has 1 amide bonds. The monoisotopic (exact) mass is 381 g/mol. The van der Waals surface area contributed by atoms with Crippen LogP contribution in [-0.4, -0.2) is 25.0 Å². The molecule has 3 nitrogen and oxygen atoms in total. The van der Waals surface area contributed by atoms with Crippen LogP contribution in [0.3, 0.4) is 0 Å². The summed E-state index contributed by atoms with van der Waals surface area (Å²) in [7, 11) is 3.40. The number of ether oxygens (including phenoxy) is 1. The maximum Gasteiger partial charge on any atom is 0.255 e. The number of amides is 1. The van der Waals surface area contributed by atoms with Gasteiger partial charge in [0.1, 0.15) is 5.75 Å². The third-order valence-electron chi connectivity index (χ3n) is 3.66. The predicted octanol–water partition coefficient (Wildman–Crippen LogP) is 4.94. The van der Waals surface area contributed by atoms with Gasteiger partial charge in [-0.3, -0.25) is 4.79 Å². The summed E-state index contributed by atoms with van der Waals surface area (Å²) in [6.45, 7) is 1.98. The highest BCUT2D eigenvalue weighted by molar-refractivity contribution is 9.10. The van der Waals surface area contributed by atoms with Gasteiger partial charge in [0, 0.05) is 11.5 Å². The fourth-order valence-electron chi connectivity index (χ4n) is 2.13. The molecule has 0 radical (unpaired) electrons. The molecule has 0 N–H and O–H groups in total. The van der Waals surface area contributed by atoms with Gasteiger partial charge >= 0.3 is 0 Å². The van der Waals surface area contributed by atoms with Gasteiger partial charge < -0.3 is 9.64 Å². The van der Waals surface area contributed by atoms with Gasteiger partial charge in [0.15, 0.2) is 0 Å². The van der Waals surface area contributed by atoms with Crippen LogP contribution in [0, 0.1) is 0 Å². The zero-order chi connectivity index (χ0) is 16.3. The molecule has 0 saturated heterocycles. The van der Waals surface area contributed by atoms with Crippen molar-refractivity contribution in [3.05, 3.63) is 63.1 Å². The molecule has 1 atom stereocenters. The Morgan fingerprint density at radius 2 is 1.86 bits per heavy atom. The molecule has 0 heterocycles. The van der Waals surface area contributed by atoms with Crippen molar-refractivity contribution < 1.29 is 9.53 Å². The van der Waals surface area contributed by atoms with E-state index in [4.69, 9.17) is 16.3 Å². The summed E-state index contributed by atoms with van der Waals surface area (Å²) in [5.41, 5.74) is 1.52. The van der Waals surface area contributed by atoms with Crippen molar-refractivity contribution in [3.8, 4) is 5.75 Å². The second kappa shape index (κ2) is 7.16. The van der Waals surface area contributed by atoms with Gasteiger partial charge in [0.25, 0.3) is 5.91 Å². The fraction of sp³-hybridized carbons (Fsp3) is 0.235. The molecule has 2 aromatic rings. The lowest BCUT2D eigenvalue weighted by molar-refractivity contribution is 0.0742. The van der Waals surface area contributed by atoms with Gasteiger partial charge in [0.2, 0.25) is 0 Å². The van der Waals surface area contributed by atoms with Crippen molar-refractivity contribution in [2.75, 3.05) is 14.2 Å². The van der Waals surface area contributed by atoms with Crippen LogP contribution in [0.2, 0.25) is 5.02 Å². The van der Waals surface area contributed by atoms with Crippen LogP contribution < -0.4 is 4.74 Å². The maximum absolute atomic E-state index is 12.7. The van der Waals surface area contributed by atoms with E-state index in [-0.39, 0.29) is 11.9 Å². The van der Waals surface area contributed by atoms with E-state index >= 15 is 0 Å². The van der Waals surface area contributed by atoms with Crippen molar-refractivity contribution in [2.45, 2.75) is 13.0 Å². The van der Waals surface area contributed by atoms with Crippen molar-refractivity contribution in [2.24, 2.45) is 0 Å². The third kappa shape index (κ3) is 3.62. The largest absolute Gasteiger partial charge is 0.497 e. The van der Waals surface area contributed by atoms with Crippen LogP contribution in [0.4, 0.5) is 0 Å². The molecule has 0 aliphatic rings. The van der Waals surface area contributed by atoms with Gasteiger partial charge in [-0.1, -0.05) is 39.7 Å². The second-order valence-electron chi connectivity index (χ2n) is 4.99. The van der Waals surface area contributed by atoms with Crippen LogP contribution in [-0.2, 0) is 0 Å². The molecule has 2 aromatic carbocycles. The molecular weight excluding hydrogens is 366 g/mol. The molecule has 0 spiro atoms. The zero-order valence-corrected chi connectivity index (χ0v) is 15.0. The lowest BCUT2D eigenvalue weighted by Gasteiger charge is -2.26. The van der Waals surface area contributed by atoms with Gasteiger partial charge in [0.05, 0.1) is 23.7 Å². The molecular formula is C17H17BrClNO2. The summed E-state index contributed by atoms with van der Waals surface area (Å²) < 4.78 is 5.98. The lowest BCUT2D eigenvalue weighted by Crippen LogP contribution is -2.29. The third-order valence-corrected chi connectivity index (χ3v) is 4.48. The second-order valence-corrected chi connectivity index (χ2v) is 6.31. The molecule has 0 bridgehead atoms. The van der Waals surface area contributed by atoms with Crippen molar-refractivity contribution in [1.29, 1.82) is 0 Å². The molecule has 0 aliphatic heterocycles. The van der Waals surface area contributed by atoms with Crippen LogP contribution >= 0.6 is 27.5 Å². The predicted molar refractivity (Wildman–Crippen MR) is 92.7 cm³/mol. The van der Waals surface area contributed by atoms with Crippen molar-refractivity contribution in [3.63, 3.8) is 0 Å². The van der Waals surface area contributed by atoms with Gasteiger partial charge in [-0.05, 0) is 42.8 Å². The van der Waals surface area contributed by atoms with Crippen LogP contribution in [0.15, 0.2) is 46.9 Å². The number of methoxy groups -OCH3 is 1. The Bertz CT molecular complexity index is 673. The first-order chi connectivity index (χ1) is 10.4. The zero-order valence-electron chi connectivity index (χ0n) is 12.6. The average Bonchev–Trinajstić information content (AvgIpc) is 2.55. The lowest BCUT2D eigenvalue weighted by atomic mass is 10.1. The summed E-state index contributed by atoms with van der Waals surface area (Å²) in [4.78, 5) is 14.3. The fourth-order valence-corrected chi connectivity index (χ4v) is 2.69. The van der Waals surface area contributed by atoms with E-state index in [1.54, 1.807) is 31.2 Å². The minimum absolute atomic E-state index is 0.0755. The van der Waals surface area contributed by atoms with Gasteiger partial charge in [-0.25, -0.2) is 0 Å². The first kappa shape index (κ1) is 16.8. The van der Waals surface area contributed by atoms with E-state index in [0.29, 0.717) is 10.6 Å². The highest BCUT2D eigenvalue weighted by atomic mass is 79.9. The van der Waals surface area contributed by atoms with E-state index in [0.717, 1.165) is 15.8 Å². The first-order valence-corrected chi connectivity index (χ1v) is 7.97. The molecule has 2 rings (SSSR count). The Kier molecular flexibility index (Phi) is 5.48. The van der Waals surface area contributed by atoms with E-state index in [1.807, 2.05) is 37.3 Å². The normalized spacial score (nSPS) is 11.9. The van der Waals surface area contributed by atoms with E-state index in [9.17, 15) is 4.79 Å². The van der Waals surface area contributed by atoms with E-state index in [2.05, 4.69) is 15.9 Å². The number of nitrogens with zero attached hydrogens (tertiary/aromatic N) is 1. The quantitative estimate of drug-likeness (QED) is 0.749. The van der Waals surface area contributed by atoms with Crippen LogP contribution in [0.1, 0.15) is 28.9 Å². The molecule has 0 aliphatic carbocycles. The molecule has 0 saturated carbocycles. The molecule has 1 unspecified atom stereocenters. The molecule has 5 heteroatoms. The number of halogens is 2. The summed E-state index contributed by atoms with van der Waals surface area (Å²) >= 11 is 9.51. The van der Waals surface area contributed by atoms with Gasteiger partial charge in [-0.2, -0.15) is 0 Å². The van der Waals surface area contributed by atoms with Gasteiger partial charge in [-0.15, -0.1) is 0 Å². The maximum atomic E-state index is 12.7. The minimum atomic E-state index is -0.116. The first-order valence-electron chi connectivity index (χ1n) is 6.80. The molecule has 116 valence electrons. The number of carbonyl (C=O) groups is 1. The van der Waals surface area contributed by atoms with Crippen LogP contribution in [0.25, 0.3) is 0 Å². The number of rotatable bonds is 4.